The van der Waals surface area contributed by atoms with Crippen LogP contribution in [0, 0.1) is 11.3 Å². The zero-order valence-corrected chi connectivity index (χ0v) is 10.4. The van der Waals surface area contributed by atoms with Gasteiger partial charge in [0.15, 0.2) is 0 Å². The van der Waals surface area contributed by atoms with Crippen molar-refractivity contribution in [3.8, 4) is 17.6 Å². The molecule has 2 rings (SSSR count). The van der Waals surface area contributed by atoms with Gasteiger partial charge in [-0.05, 0) is 24.3 Å². The first-order valence-corrected chi connectivity index (χ1v) is 5.70. The van der Waals surface area contributed by atoms with Crippen LogP contribution in [0.4, 0.5) is 0 Å². The van der Waals surface area contributed by atoms with Crippen LogP contribution in [0.3, 0.4) is 0 Å². The highest BCUT2D eigenvalue weighted by atomic mass is 35.5. The van der Waals surface area contributed by atoms with E-state index >= 15 is 0 Å². The molecule has 0 bridgehead atoms. The van der Waals surface area contributed by atoms with Crippen LogP contribution >= 0.6 is 11.6 Å². The molecule has 0 radical (unpaired) electrons. The molecular formula is C14H8ClNO3. The Kier molecular flexibility index (Phi) is 3.69. The molecule has 94 valence electrons. The van der Waals surface area contributed by atoms with Crippen molar-refractivity contribution in [1.29, 1.82) is 5.26 Å². The van der Waals surface area contributed by atoms with E-state index in [1.165, 1.54) is 12.1 Å². The Hall–Kier alpha value is -2.51. The molecule has 19 heavy (non-hydrogen) atoms. The van der Waals surface area contributed by atoms with E-state index in [9.17, 15) is 4.79 Å². The second kappa shape index (κ2) is 5.42. The summed E-state index contributed by atoms with van der Waals surface area (Å²) in [6.45, 7) is 0. The zero-order valence-electron chi connectivity index (χ0n) is 9.63. The van der Waals surface area contributed by atoms with Gasteiger partial charge in [-0.3, -0.25) is 0 Å². The third-order valence-electron chi connectivity index (χ3n) is 2.42. The van der Waals surface area contributed by atoms with Crippen molar-refractivity contribution in [3.05, 3.63) is 58.6 Å². The minimum atomic E-state index is -1.10. The first-order valence-electron chi connectivity index (χ1n) is 5.32. The van der Waals surface area contributed by atoms with E-state index in [1.807, 2.05) is 6.07 Å². The van der Waals surface area contributed by atoms with Crippen molar-refractivity contribution >= 4 is 17.6 Å². The highest BCUT2D eigenvalue weighted by molar-refractivity contribution is 6.31. The number of aromatic carboxylic acids is 1. The molecule has 0 unspecified atom stereocenters. The second-order valence-corrected chi connectivity index (χ2v) is 4.04. The maximum atomic E-state index is 11.1. The SMILES string of the molecule is N#Cc1c(Cl)cccc1Oc1ccccc1C(=O)O. The van der Waals surface area contributed by atoms with Gasteiger partial charge in [-0.2, -0.15) is 5.26 Å². The standard InChI is InChI=1S/C14H8ClNO3/c15-11-5-3-7-13(10(11)8-16)19-12-6-2-1-4-9(12)14(17)18/h1-7H,(H,17,18). The van der Waals surface area contributed by atoms with Crippen LogP contribution in [0.1, 0.15) is 15.9 Å². The Morgan fingerprint density at radius 2 is 1.84 bits per heavy atom. The van der Waals surface area contributed by atoms with Crippen molar-refractivity contribution in [2.45, 2.75) is 0 Å². The van der Waals surface area contributed by atoms with Crippen LogP contribution in [0.2, 0.25) is 5.02 Å². The molecule has 0 fully saturated rings. The number of rotatable bonds is 3. The van der Waals surface area contributed by atoms with Gasteiger partial charge in [0.2, 0.25) is 0 Å². The van der Waals surface area contributed by atoms with Gasteiger partial charge in [0, 0.05) is 0 Å². The molecule has 1 N–H and O–H groups in total. The second-order valence-electron chi connectivity index (χ2n) is 3.63. The largest absolute Gasteiger partial charge is 0.478 e. The van der Waals surface area contributed by atoms with Gasteiger partial charge in [-0.1, -0.05) is 29.8 Å². The van der Waals surface area contributed by atoms with Gasteiger partial charge in [0.1, 0.15) is 28.7 Å². The minimum Gasteiger partial charge on any atom is -0.478 e. The maximum Gasteiger partial charge on any atom is 0.339 e. The van der Waals surface area contributed by atoms with Crippen molar-refractivity contribution in [3.63, 3.8) is 0 Å². The van der Waals surface area contributed by atoms with E-state index in [1.54, 1.807) is 30.3 Å². The Labute approximate surface area is 114 Å². The fourth-order valence-corrected chi connectivity index (χ4v) is 1.76. The van der Waals surface area contributed by atoms with Crippen molar-refractivity contribution < 1.29 is 14.6 Å². The molecule has 2 aromatic rings. The summed E-state index contributed by atoms with van der Waals surface area (Å²) in [5.74, 6) is -0.714. The lowest BCUT2D eigenvalue weighted by molar-refractivity contribution is 0.0694. The van der Waals surface area contributed by atoms with Crippen LogP contribution in [-0.4, -0.2) is 11.1 Å². The van der Waals surface area contributed by atoms with Crippen LogP contribution in [0.15, 0.2) is 42.5 Å². The van der Waals surface area contributed by atoms with E-state index in [2.05, 4.69) is 0 Å². The quantitative estimate of drug-likeness (QED) is 0.925. The fraction of sp³-hybridized carbons (Fsp3) is 0. The van der Waals surface area contributed by atoms with E-state index in [0.29, 0.717) is 0 Å². The molecule has 4 nitrogen and oxygen atoms in total. The summed E-state index contributed by atoms with van der Waals surface area (Å²) in [7, 11) is 0. The Balaban J connectivity index is 2.46. The topological polar surface area (TPSA) is 70.3 Å². The number of ether oxygens (including phenoxy) is 1. The smallest absolute Gasteiger partial charge is 0.339 e. The molecule has 0 aromatic heterocycles. The van der Waals surface area contributed by atoms with Crippen LogP contribution in [0.5, 0.6) is 11.5 Å². The Morgan fingerprint density at radius 3 is 2.53 bits per heavy atom. The van der Waals surface area contributed by atoms with Crippen molar-refractivity contribution in [2.24, 2.45) is 0 Å². The van der Waals surface area contributed by atoms with E-state index in [4.69, 9.17) is 26.7 Å². The maximum absolute atomic E-state index is 11.1. The lowest BCUT2D eigenvalue weighted by atomic mass is 10.2. The Bertz CT molecular complexity index is 677. The van der Waals surface area contributed by atoms with Gasteiger partial charge in [0.25, 0.3) is 0 Å². The number of nitrogens with zero attached hydrogens (tertiary/aromatic N) is 1. The summed E-state index contributed by atoms with van der Waals surface area (Å²) >= 11 is 5.88. The van der Waals surface area contributed by atoms with E-state index < -0.39 is 5.97 Å². The summed E-state index contributed by atoms with van der Waals surface area (Å²) in [5, 5.41) is 18.3. The lowest BCUT2D eigenvalue weighted by Gasteiger charge is -2.10. The summed E-state index contributed by atoms with van der Waals surface area (Å²) < 4.78 is 5.49. The molecule has 0 heterocycles. The van der Waals surface area contributed by atoms with E-state index in [0.717, 1.165) is 0 Å². The highest BCUT2D eigenvalue weighted by Gasteiger charge is 2.14. The normalized spacial score (nSPS) is 9.68. The number of hydrogen-bond donors (Lipinski definition) is 1. The molecule has 0 amide bonds. The van der Waals surface area contributed by atoms with Crippen LogP contribution < -0.4 is 4.74 Å². The number of nitriles is 1. The summed E-state index contributed by atoms with van der Waals surface area (Å²) in [6.07, 6.45) is 0. The fourth-order valence-electron chi connectivity index (χ4n) is 1.55. The minimum absolute atomic E-state index is 0.0198. The first kappa shape index (κ1) is 12.9. The molecule has 2 aromatic carbocycles. The number of halogens is 1. The molecule has 0 saturated carbocycles. The third-order valence-corrected chi connectivity index (χ3v) is 2.74. The monoisotopic (exact) mass is 273 g/mol. The molecule has 0 aliphatic rings. The van der Waals surface area contributed by atoms with Crippen molar-refractivity contribution in [1.82, 2.24) is 0 Å². The summed E-state index contributed by atoms with van der Waals surface area (Å²) in [4.78, 5) is 11.1. The van der Waals surface area contributed by atoms with Crippen LogP contribution in [-0.2, 0) is 0 Å². The molecule has 0 saturated heterocycles. The average Bonchev–Trinajstić information content (AvgIpc) is 2.39. The third kappa shape index (κ3) is 2.67. The number of hydrogen-bond acceptors (Lipinski definition) is 3. The first-order chi connectivity index (χ1) is 9.13. The molecular weight excluding hydrogens is 266 g/mol. The molecule has 5 heteroatoms. The van der Waals surface area contributed by atoms with E-state index in [-0.39, 0.29) is 27.6 Å². The summed E-state index contributed by atoms with van der Waals surface area (Å²) in [5.41, 5.74) is 0.190. The number of carbonyl (C=O) groups is 1. The average molecular weight is 274 g/mol. The molecule has 0 aliphatic heterocycles. The molecule has 0 atom stereocenters. The number of benzene rings is 2. The number of carboxylic acid groups (broad SMARTS) is 1. The molecule has 0 spiro atoms. The van der Waals surface area contributed by atoms with Gasteiger partial charge in [0.05, 0.1) is 5.02 Å². The Morgan fingerprint density at radius 1 is 1.16 bits per heavy atom. The van der Waals surface area contributed by atoms with Gasteiger partial charge >= 0.3 is 5.97 Å². The zero-order chi connectivity index (χ0) is 13.8. The highest BCUT2D eigenvalue weighted by Crippen LogP contribution is 2.31. The molecule has 0 aliphatic carbocycles. The van der Waals surface area contributed by atoms with Gasteiger partial charge < -0.3 is 9.84 Å². The number of carboxylic acids is 1. The predicted molar refractivity (Wildman–Crippen MR) is 69.6 cm³/mol. The van der Waals surface area contributed by atoms with Gasteiger partial charge in [-0.15, -0.1) is 0 Å². The summed E-state index contributed by atoms with van der Waals surface area (Å²) in [6, 6.07) is 12.9. The van der Waals surface area contributed by atoms with Crippen LogP contribution in [0.25, 0.3) is 0 Å². The van der Waals surface area contributed by atoms with Gasteiger partial charge in [-0.25, -0.2) is 4.79 Å². The predicted octanol–water partition coefficient (Wildman–Crippen LogP) is 3.70. The van der Waals surface area contributed by atoms with Crippen molar-refractivity contribution in [2.75, 3.05) is 0 Å². The lowest BCUT2D eigenvalue weighted by Crippen LogP contribution is -2.00. The number of para-hydroxylation sites is 1.